The van der Waals surface area contributed by atoms with Gasteiger partial charge in [-0.1, -0.05) is 19.6 Å². The number of nitrogen functional groups attached to an aromatic ring is 1. The van der Waals surface area contributed by atoms with E-state index in [0.29, 0.717) is 24.0 Å². The van der Waals surface area contributed by atoms with Crippen molar-refractivity contribution in [1.82, 2.24) is 24.8 Å². The number of nitrogens with zero attached hydrogens (tertiary/aromatic N) is 4. The van der Waals surface area contributed by atoms with E-state index >= 15 is 0 Å². The first-order valence-corrected chi connectivity index (χ1v) is 13.5. The summed E-state index contributed by atoms with van der Waals surface area (Å²) in [5.41, 5.74) is 6.40. The molecular weight excluding hydrogens is 400 g/mol. The van der Waals surface area contributed by atoms with Gasteiger partial charge in [-0.2, -0.15) is 0 Å². The molecule has 9 nitrogen and oxygen atoms in total. The molecule has 160 valence electrons. The average molecular weight is 429 g/mol. The number of rotatable bonds is 9. The second-order valence-corrected chi connectivity index (χ2v) is 13.9. The van der Waals surface area contributed by atoms with Crippen LogP contribution in [0.1, 0.15) is 22.1 Å². The number of imidazole rings is 1. The third-order valence-corrected chi connectivity index (χ3v) is 6.11. The zero-order valence-corrected chi connectivity index (χ0v) is 18.8. The number of aryl methyl sites for hydroxylation is 1. The summed E-state index contributed by atoms with van der Waals surface area (Å²) in [7, 11) is -1.13. The van der Waals surface area contributed by atoms with Crippen LogP contribution in [0.3, 0.4) is 0 Å². The Balaban J connectivity index is 1.60. The van der Waals surface area contributed by atoms with E-state index in [2.05, 4.69) is 39.9 Å². The van der Waals surface area contributed by atoms with Crippen molar-refractivity contribution in [3.05, 3.63) is 47.9 Å². The Morgan fingerprint density at radius 1 is 1.30 bits per heavy atom. The molecule has 0 atom stereocenters. The largest absolute Gasteiger partial charge is 0.460 e. The van der Waals surface area contributed by atoms with Crippen LogP contribution in [0.4, 0.5) is 5.95 Å². The van der Waals surface area contributed by atoms with Gasteiger partial charge in [-0.15, -0.1) is 0 Å². The molecule has 0 aliphatic carbocycles. The monoisotopic (exact) mass is 428 g/mol. The van der Waals surface area contributed by atoms with E-state index in [0.717, 1.165) is 18.4 Å². The Morgan fingerprint density at radius 3 is 2.80 bits per heavy atom. The number of amides is 1. The van der Waals surface area contributed by atoms with Gasteiger partial charge >= 0.3 is 0 Å². The predicted octanol–water partition coefficient (Wildman–Crippen LogP) is 3.07. The lowest BCUT2D eigenvalue weighted by atomic mass is 10.2. The first kappa shape index (κ1) is 21.7. The maximum Gasteiger partial charge on any atom is 0.270 e. The summed E-state index contributed by atoms with van der Waals surface area (Å²) in [5.74, 6) is 1.60. The minimum Gasteiger partial charge on any atom is -0.460 e. The number of furan rings is 1. The van der Waals surface area contributed by atoms with Crippen LogP contribution in [0, 0.1) is 6.92 Å². The molecule has 0 saturated carbocycles. The second kappa shape index (κ2) is 9.22. The van der Waals surface area contributed by atoms with Gasteiger partial charge in [-0.25, -0.2) is 15.0 Å². The number of anilines is 1. The normalized spacial score (nSPS) is 11.6. The zero-order chi connectivity index (χ0) is 21.7. The number of hydrogen-bond acceptors (Lipinski definition) is 7. The minimum atomic E-state index is -1.13. The average Bonchev–Trinajstić information content (AvgIpc) is 3.30. The van der Waals surface area contributed by atoms with E-state index < -0.39 is 8.07 Å². The Kier molecular flexibility index (Phi) is 6.68. The van der Waals surface area contributed by atoms with Crippen molar-refractivity contribution in [2.45, 2.75) is 45.9 Å². The number of carbonyl (C=O) groups excluding carboxylic acids is 1. The summed E-state index contributed by atoms with van der Waals surface area (Å²) in [5, 5.41) is 2.82. The highest BCUT2D eigenvalue weighted by atomic mass is 28.3. The fourth-order valence-corrected chi connectivity index (χ4v) is 3.45. The summed E-state index contributed by atoms with van der Waals surface area (Å²) in [6.07, 6.45) is 3.51. The summed E-state index contributed by atoms with van der Waals surface area (Å²) >= 11 is 0. The fourth-order valence-electron chi connectivity index (χ4n) is 2.70. The molecule has 3 aromatic rings. The molecule has 30 heavy (non-hydrogen) atoms. The van der Waals surface area contributed by atoms with Crippen LogP contribution in [0.5, 0.6) is 0 Å². The van der Waals surface area contributed by atoms with Crippen LogP contribution < -0.4 is 11.1 Å². The lowest BCUT2D eigenvalue weighted by Gasteiger charge is -2.16. The molecule has 3 rings (SSSR count). The van der Waals surface area contributed by atoms with Crippen molar-refractivity contribution >= 4 is 19.9 Å². The van der Waals surface area contributed by atoms with Gasteiger partial charge in [0.05, 0.1) is 6.54 Å². The second-order valence-electron chi connectivity index (χ2n) is 8.25. The molecule has 0 fully saturated rings. The highest BCUT2D eigenvalue weighted by Gasteiger charge is 2.15. The minimum absolute atomic E-state index is 0.00371. The molecule has 0 unspecified atom stereocenters. The Morgan fingerprint density at radius 2 is 2.10 bits per heavy atom. The topological polar surface area (TPSA) is 121 Å². The third-order valence-electron chi connectivity index (χ3n) is 4.40. The van der Waals surface area contributed by atoms with Crippen LogP contribution in [0.2, 0.25) is 25.7 Å². The zero-order valence-electron chi connectivity index (χ0n) is 17.8. The first-order valence-electron chi connectivity index (χ1n) is 9.78. The Hall–Kier alpha value is -2.98. The fraction of sp³-hybridized carbons (Fsp3) is 0.400. The number of nitrogens with one attached hydrogen (secondary N) is 1. The van der Waals surface area contributed by atoms with Crippen molar-refractivity contribution < 1.29 is 13.9 Å². The van der Waals surface area contributed by atoms with Crippen molar-refractivity contribution in [3.63, 3.8) is 0 Å². The van der Waals surface area contributed by atoms with Gasteiger partial charge in [0, 0.05) is 27.1 Å². The highest BCUT2D eigenvalue weighted by molar-refractivity contribution is 6.76. The van der Waals surface area contributed by atoms with Crippen LogP contribution in [-0.2, 0) is 18.0 Å². The molecule has 0 spiro atoms. The van der Waals surface area contributed by atoms with E-state index in [4.69, 9.17) is 14.9 Å². The van der Waals surface area contributed by atoms with Gasteiger partial charge in [0.25, 0.3) is 5.91 Å². The Bertz CT molecular complexity index is 1010. The predicted molar refractivity (Wildman–Crippen MR) is 116 cm³/mol. The van der Waals surface area contributed by atoms with Gasteiger partial charge in [-0.3, -0.25) is 4.79 Å². The maximum atomic E-state index is 12.6. The highest BCUT2D eigenvalue weighted by Crippen LogP contribution is 2.21. The van der Waals surface area contributed by atoms with E-state index in [-0.39, 0.29) is 24.1 Å². The SMILES string of the molecule is Cc1ccc(-c2cc(C(=O)NCc3nccn3COCC[Si](C)(C)C)nc(N)n2)o1. The lowest BCUT2D eigenvalue weighted by Crippen LogP contribution is -2.26. The molecule has 3 N–H and O–H groups in total. The van der Waals surface area contributed by atoms with Gasteiger partial charge in [-0.05, 0) is 31.2 Å². The van der Waals surface area contributed by atoms with Crippen molar-refractivity contribution in [3.8, 4) is 11.5 Å². The van der Waals surface area contributed by atoms with Crippen LogP contribution in [0.15, 0.2) is 35.0 Å². The molecule has 0 bridgehead atoms. The summed E-state index contributed by atoms with van der Waals surface area (Å²) in [6.45, 7) is 10.1. The van der Waals surface area contributed by atoms with E-state index in [1.807, 2.05) is 23.8 Å². The van der Waals surface area contributed by atoms with Crippen LogP contribution in [-0.4, -0.2) is 40.1 Å². The van der Waals surface area contributed by atoms with Crippen molar-refractivity contribution in [2.24, 2.45) is 0 Å². The molecule has 3 aromatic heterocycles. The molecule has 0 aliphatic heterocycles. The number of nitrogens with two attached hydrogens (primary N) is 1. The van der Waals surface area contributed by atoms with Gasteiger partial charge in [0.15, 0.2) is 5.76 Å². The number of carbonyl (C=O) groups is 1. The quantitative estimate of drug-likeness (QED) is 0.397. The van der Waals surface area contributed by atoms with Gasteiger partial charge in [0.1, 0.15) is 29.7 Å². The van der Waals surface area contributed by atoms with Gasteiger partial charge in [0.2, 0.25) is 5.95 Å². The smallest absolute Gasteiger partial charge is 0.270 e. The standard InChI is InChI=1S/C20H28N6O3Si/c1-14-5-6-17(29-14)15-11-16(25-20(21)24-15)19(27)23-12-18-22-7-8-26(18)13-28-9-10-30(2,3)4/h5-8,11H,9-10,12-13H2,1-4H3,(H,23,27)(H2,21,24,25). The molecule has 0 saturated heterocycles. The molecule has 0 aliphatic rings. The Labute approximate surface area is 176 Å². The van der Waals surface area contributed by atoms with E-state index in [9.17, 15) is 4.79 Å². The van der Waals surface area contributed by atoms with Crippen LogP contribution in [0.25, 0.3) is 11.5 Å². The van der Waals surface area contributed by atoms with Gasteiger partial charge < -0.3 is 24.8 Å². The summed E-state index contributed by atoms with van der Waals surface area (Å²) < 4.78 is 13.2. The van der Waals surface area contributed by atoms with Crippen molar-refractivity contribution in [2.75, 3.05) is 12.3 Å². The maximum absolute atomic E-state index is 12.6. The van der Waals surface area contributed by atoms with E-state index in [1.54, 1.807) is 18.3 Å². The molecule has 0 radical (unpaired) electrons. The van der Waals surface area contributed by atoms with Crippen molar-refractivity contribution in [1.29, 1.82) is 0 Å². The van der Waals surface area contributed by atoms with Crippen LogP contribution >= 0.6 is 0 Å². The molecule has 1 amide bonds. The molecular formula is C20H28N6O3Si. The summed E-state index contributed by atoms with van der Waals surface area (Å²) in [4.78, 5) is 25.1. The lowest BCUT2D eigenvalue weighted by molar-refractivity contribution is 0.0837. The number of hydrogen-bond donors (Lipinski definition) is 2. The summed E-state index contributed by atoms with van der Waals surface area (Å²) in [6, 6.07) is 6.24. The molecule has 10 heteroatoms. The first-order chi connectivity index (χ1) is 14.2. The molecule has 0 aromatic carbocycles. The number of aromatic nitrogens is 4. The molecule has 3 heterocycles. The number of ether oxygens (including phenoxy) is 1. The third kappa shape index (κ3) is 6.01. The van der Waals surface area contributed by atoms with E-state index in [1.165, 1.54) is 0 Å².